The summed E-state index contributed by atoms with van der Waals surface area (Å²) >= 11 is 0. The molecule has 0 bridgehead atoms. The fourth-order valence-corrected chi connectivity index (χ4v) is 4.75. The van der Waals surface area contributed by atoms with Gasteiger partial charge in [-0.1, -0.05) is 6.92 Å². The van der Waals surface area contributed by atoms with E-state index in [9.17, 15) is 8.42 Å². The van der Waals surface area contributed by atoms with E-state index in [4.69, 9.17) is 4.74 Å². The Morgan fingerprint density at radius 3 is 2.57 bits per heavy atom. The van der Waals surface area contributed by atoms with Crippen LogP contribution >= 0.6 is 0 Å². The maximum absolute atomic E-state index is 11.7. The van der Waals surface area contributed by atoms with Crippen LogP contribution in [0.1, 0.15) is 45.4 Å². The van der Waals surface area contributed by atoms with Gasteiger partial charge in [-0.25, -0.2) is 12.7 Å². The van der Waals surface area contributed by atoms with Crippen LogP contribution in [-0.4, -0.2) is 57.4 Å². The van der Waals surface area contributed by atoms with Gasteiger partial charge in [-0.3, -0.25) is 0 Å². The second kappa shape index (κ2) is 6.94. The largest absolute Gasteiger partial charge is 0.377 e. The molecule has 6 heteroatoms. The number of ether oxygens (including phenoxy) is 1. The summed E-state index contributed by atoms with van der Waals surface area (Å²) in [5.41, 5.74) is -0.0244. The van der Waals surface area contributed by atoms with Gasteiger partial charge in [0.25, 0.3) is 0 Å². The first-order valence-electron chi connectivity index (χ1n) is 8.15. The quantitative estimate of drug-likeness (QED) is 0.774. The first-order chi connectivity index (χ1) is 9.91. The molecule has 2 fully saturated rings. The van der Waals surface area contributed by atoms with Crippen LogP contribution in [0.5, 0.6) is 0 Å². The molecule has 21 heavy (non-hydrogen) atoms. The highest BCUT2D eigenvalue weighted by molar-refractivity contribution is 7.88. The van der Waals surface area contributed by atoms with Crippen LogP contribution in [0.2, 0.25) is 0 Å². The molecular weight excluding hydrogens is 288 g/mol. The van der Waals surface area contributed by atoms with Gasteiger partial charge in [0, 0.05) is 26.2 Å². The first kappa shape index (κ1) is 17.2. The van der Waals surface area contributed by atoms with Crippen LogP contribution in [0.3, 0.4) is 0 Å². The number of likely N-dealkylation sites (N-methyl/N-ethyl adjacent to an activating group) is 1. The second-order valence-corrected chi connectivity index (χ2v) is 8.58. The molecule has 0 radical (unpaired) electrons. The first-order valence-corrected chi connectivity index (χ1v) is 10.00. The average Bonchev–Trinajstić information content (AvgIpc) is 2.37. The zero-order valence-corrected chi connectivity index (χ0v) is 14.4. The van der Waals surface area contributed by atoms with Crippen molar-refractivity contribution in [1.29, 1.82) is 0 Å². The van der Waals surface area contributed by atoms with Gasteiger partial charge in [-0.2, -0.15) is 0 Å². The van der Waals surface area contributed by atoms with Gasteiger partial charge in [-0.15, -0.1) is 0 Å². The lowest BCUT2D eigenvalue weighted by molar-refractivity contribution is -0.103. The number of nitrogens with one attached hydrogen (secondary N) is 1. The van der Waals surface area contributed by atoms with Crippen molar-refractivity contribution in [2.24, 2.45) is 5.92 Å². The molecule has 2 rings (SSSR count). The maximum atomic E-state index is 11.7. The van der Waals surface area contributed by atoms with Crippen molar-refractivity contribution >= 4 is 10.0 Å². The Balaban J connectivity index is 2.00. The predicted octanol–water partition coefficient (Wildman–Crippen LogP) is 1.60. The van der Waals surface area contributed by atoms with Crippen LogP contribution in [0.4, 0.5) is 0 Å². The van der Waals surface area contributed by atoms with Crippen LogP contribution in [0, 0.1) is 5.92 Å². The molecule has 1 heterocycles. The van der Waals surface area contributed by atoms with E-state index in [2.05, 4.69) is 12.2 Å². The van der Waals surface area contributed by atoms with Gasteiger partial charge >= 0.3 is 0 Å². The summed E-state index contributed by atoms with van der Waals surface area (Å²) in [4.78, 5) is 0. The van der Waals surface area contributed by atoms with Crippen LogP contribution in [0.15, 0.2) is 0 Å². The summed E-state index contributed by atoms with van der Waals surface area (Å²) in [6.07, 6.45) is 7.88. The molecule has 1 saturated heterocycles. The third-order valence-electron chi connectivity index (χ3n) is 5.21. The molecule has 2 aliphatic rings. The van der Waals surface area contributed by atoms with Crippen LogP contribution in [0.25, 0.3) is 0 Å². The van der Waals surface area contributed by atoms with E-state index in [1.165, 1.54) is 12.7 Å². The van der Waals surface area contributed by atoms with E-state index >= 15 is 0 Å². The van der Waals surface area contributed by atoms with E-state index in [1.54, 1.807) is 4.31 Å². The topological polar surface area (TPSA) is 58.6 Å². The standard InChI is InChI=1S/C15H30N2O3S/c1-4-16-14(15(20-2)8-6-9-15)11-13-7-5-10-17(12-13)21(3,18)19/h13-14,16H,4-12H2,1-3H3. The van der Waals surface area contributed by atoms with Gasteiger partial charge in [0.15, 0.2) is 0 Å². The Morgan fingerprint density at radius 1 is 1.38 bits per heavy atom. The summed E-state index contributed by atoms with van der Waals surface area (Å²) in [5, 5.41) is 3.58. The zero-order chi connectivity index (χ0) is 15.5. The lowest BCUT2D eigenvalue weighted by atomic mass is 9.71. The molecule has 5 nitrogen and oxygen atoms in total. The minimum Gasteiger partial charge on any atom is -0.377 e. The summed E-state index contributed by atoms with van der Waals surface area (Å²) in [6.45, 7) is 4.40. The lowest BCUT2D eigenvalue weighted by Gasteiger charge is -2.48. The second-order valence-electron chi connectivity index (χ2n) is 6.60. The van der Waals surface area contributed by atoms with E-state index in [0.717, 1.165) is 38.6 Å². The molecular formula is C15H30N2O3S. The van der Waals surface area contributed by atoms with Gasteiger partial charge in [0.05, 0.1) is 11.9 Å². The Morgan fingerprint density at radius 2 is 2.10 bits per heavy atom. The molecule has 0 aromatic carbocycles. The predicted molar refractivity (Wildman–Crippen MR) is 84.8 cm³/mol. The molecule has 1 aliphatic heterocycles. The minimum absolute atomic E-state index is 0.0244. The molecule has 0 aromatic rings. The van der Waals surface area contributed by atoms with E-state index in [-0.39, 0.29) is 5.60 Å². The highest BCUT2D eigenvalue weighted by atomic mass is 32.2. The fourth-order valence-electron chi connectivity index (χ4n) is 3.80. The molecule has 0 spiro atoms. The van der Waals surface area contributed by atoms with Gasteiger partial charge in [0.1, 0.15) is 0 Å². The van der Waals surface area contributed by atoms with Crippen LogP contribution in [-0.2, 0) is 14.8 Å². The highest BCUT2D eigenvalue weighted by Crippen LogP contribution is 2.41. The Bertz CT molecular complexity index is 429. The van der Waals surface area contributed by atoms with Gasteiger partial charge in [-0.05, 0) is 51.0 Å². The average molecular weight is 318 g/mol. The van der Waals surface area contributed by atoms with Crippen molar-refractivity contribution in [1.82, 2.24) is 9.62 Å². The zero-order valence-electron chi connectivity index (χ0n) is 13.6. The number of hydrogen-bond donors (Lipinski definition) is 1. The molecule has 124 valence electrons. The van der Waals surface area contributed by atoms with E-state index in [0.29, 0.717) is 25.0 Å². The Labute approximate surface area is 129 Å². The normalized spacial score (nSPS) is 28.0. The molecule has 2 atom stereocenters. The molecule has 1 saturated carbocycles. The Hall–Kier alpha value is -0.170. The number of sulfonamides is 1. The molecule has 0 aromatic heterocycles. The lowest BCUT2D eigenvalue weighted by Crippen LogP contribution is -2.57. The van der Waals surface area contributed by atoms with Crippen molar-refractivity contribution in [3.05, 3.63) is 0 Å². The van der Waals surface area contributed by atoms with Crippen molar-refractivity contribution in [2.75, 3.05) is 33.0 Å². The molecule has 1 aliphatic carbocycles. The third kappa shape index (κ3) is 3.97. The highest BCUT2D eigenvalue weighted by Gasteiger charge is 2.45. The van der Waals surface area contributed by atoms with E-state index < -0.39 is 10.0 Å². The van der Waals surface area contributed by atoms with E-state index in [1.807, 2.05) is 7.11 Å². The summed E-state index contributed by atoms with van der Waals surface area (Å²) in [5.74, 6) is 0.435. The van der Waals surface area contributed by atoms with Crippen molar-refractivity contribution in [3.63, 3.8) is 0 Å². The smallest absolute Gasteiger partial charge is 0.211 e. The van der Waals surface area contributed by atoms with Crippen molar-refractivity contribution < 1.29 is 13.2 Å². The SMILES string of the molecule is CCNC(CC1CCCN(S(C)(=O)=O)C1)C1(OC)CCC1. The Kier molecular flexibility index (Phi) is 5.68. The van der Waals surface area contributed by atoms with Gasteiger partial charge in [0.2, 0.25) is 10.0 Å². The molecule has 1 N–H and O–H groups in total. The van der Waals surface area contributed by atoms with Crippen molar-refractivity contribution in [3.8, 4) is 0 Å². The van der Waals surface area contributed by atoms with Crippen LogP contribution < -0.4 is 5.32 Å². The molecule has 2 unspecified atom stereocenters. The van der Waals surface area contributed by atoms with Crippen molar-refractivity contribution in [2.45, 2.75) is 57.1 Å². The minimum atomic E-state index is -3.06. The number of rotatable bonds is 7. The summed E-state index contributed by atoms with van der Waals surface area (Å²) < 4.78 is 31.0. The monoisotopic (exact) mass is 318 g/mol. The molecule has 0 amide bonds. The summed E-state index contributed by atoms with van der Waals surface area (Å²) in [7, 11) is -1.25. The number of hydrogen-bond acceptors (Lipinski definition) is 4. The fraction of sp³-hybridized carbons (Fsp3) is 1.00. The number of methoxy groups -OCH3 is 1. The summed E-state index contributed by atoms with van der Waals surface area (Å²) in [6, 6.07) is 0.339. The number of piperidine rings is 1. The number of nitrogens with zero attached hydrogens (tertiary/aromatic N) is 1. The third-order valence-corrected chi connectivity index (χ3v) is 6.48. The van der Waals surface area contributed by atoms with Gasteiger partial charge < -0.3 is 10.1 Å². The maximum Gasteiger partial charge on any atom is 0.211 e.